The van der Waals surface area contributed by atoms with Crippen LogP contribution in [-0.2, 0) is 0 Å². The van der Waals surface area contributed by atoms with Crippen molar-refractivity contribution in [1.82, 2.24) is 4.98 Å². The monoisotopic (exact) mass is 310 g/mol. The van der Waals surface area contributed by atoms with Crippen LogP contribution in [0.15, 0.2) is 54.7 Å². The number of fused-ring (bicyclic) bond motifs is 1. The lowest BCUT2D eigenvalue weighted by molar-refractivity contribution is -0.384. The molecule has 6 nitrogen and oxygen atoms in total. The van der Waals surface area contributed by atoms with E-state index in [-0.39, 0.29) is 16.8 Å². The fraction of sp³-hybridized carbons (Fsp3) is 0.118. The summed E-state index contributed by atoms with van der Waals surface area (Å²) in [4.78, 5) is 15.1. The summed E-state index contributed by atoms with van der Waals surface area (Å²) >= 11 is 0. The van der Waals surface area contributed by atoms with Crippen LogP contribution in [0.25, 0.3) is 10.9 Å². The lowest BCUT2D eigenvalue weighted by Crippen LogP contribution is -2.05. The molecule has 6 heteroatoms. The van der Waals surface area contributed by atoms with Crippen molar-refractivity contribution < 1.29 is 14.8 Å². The van der Waals surface area contributed by atoms with Crippen LogP contribution < -0.4 is 4.74 Å². The molecule has 0 aliphatic heterocycles. The Morgan fingerprint density at radius 2 is 1.91 bits per heavy atom. The molecule has 0 radical (unpaired) electrons. The Morgan fingerprint density at radius 1 is 1.17 bits per heavy atom. The number of aromatic nitrogens is 1. The number of hydrogen-bond donors (Lipinski definition) is 1. The summed E-state index contributed by atoms with van der Waals surface area (Å²) in [5.41, 5.74) is 0.851. The fourth-order valence-electron chi connectivity index (χ4n) is 2.52. The molecule has 1 unspecified atom stereocenters. The van der Waals surface area contributed by atoms with Crippen LogP contribution in [0.1, 0.15) is 17.2 Å². The van der Waals surface area contributed by atoms with E-state index in [9.17, 15) is 15.2 Å². The number of hydrogen-bond acceptors (Lipinski definition) is 5. The zero-order valence-corrected chi connectivity index (χ0v) is 12.3. The Labute approximate surface area is 132 Å². The van der Waals surface area contributed by atoms with Gasteiger partial charge in [-0.2, -0.15) is 0 Å². The number of pyridine rings is 1. The number of aliphatic hydroxyl groups excluding tert-OH is 1. The number of rotatable bonds is 4. The largest absolute Gasteiger partial charge is 0.497 e. The van der Waals surface area contributed by atoms with Crippen LogP contribution >= 0.6 is 0 Å². The topological polar surface area (TPSA) is 85.5 Å². The van der Waals surface area contributed by atoms with Crippen LogP contribution in [0.2, 0.25) is 0 Å². The molecule has 1 atom stereocenters. The number of benzene rings is 2. The Morgan fingerprint density at radius 3 is 2.57 bits per heavy atom. The lowest BCUT2D eigenvalue weighted by Gasteiger charge is -2.13. The molecule has 3 rings (SSSR count). The van der Waals surface area contributed by atoms with E-state index in [1.807, 2.05) is 0 Å². The van der Waals surface area contributed by atoms with Gasteiger partial charge in [0.1, 0.15) is 17.4 Å². The number of nitro groups is 1. The fourth-order valence-corrected chi connectivity index (χ4v) is 2.52. The van der Waals surface area contributed by atoms with Gasteiger partial charge >= 0.3 is 5.69 Å². The van der Waals surface area contributed by atoms with Gasteiger partial charge in [-0.3, -0.25) is 10.1 Å². The first-order valence-corrected chi connectivity index (χ1v) is 6.96. The third-order valence-electron chi connectivity index (χ3n) is 3.69. The molecule has 0 saturated heterocycles. The molecule has 116 valence electrons. The van der Waals surface area contributed by atoms with E-state index in [1.54, 1.807) is 55.6 Å². The van der Waals surface area contributed by atoms with Crippen molar-refractivity contribution >= 4 is 16.6 Å². The smallest absolute Gasteiger partial charge is 0.301 e. The first-order valence-electron chi connectivity index (χ1n) is 6.96. The van der Waals surface area contributed by atoms with Crippen molar-refractivity contribution in [3.8, 4) is 5.75 Å². The third-order valence-corrected chi connectivity index (χ3v) is 3.69. The van der Waals surface area contributed by atoms with Crippen LogP contribution in [0.5, 0.6) is 5.75 Å². The Kier molecular flexibility index (Phi) is 3.91. The molecule has 0 aliphatic carbocycles. The zero-order valence-electron chi connectivity index (χ0n) is 12.3. The minimum atomic E-state index is -1.12. The number of aliphatic hydroxyl groups is 1. The molecule has 0 saturated carbocycles. The molecule has 1 heterocycles. The summed E-state index contributed by atoms with van der Waals surface area (Å²) in [7, 11) is 1.55. The van der Waals surface area contributed by atoms with E-state index < -0.39 is 11.0 Å². The second-order valence-corrected chi connectivity index (χ2v) is 5.01. The van der Waals surface area contributed by atoms with Crippen molar-refractivity contribution in [3.63, 3.8) is 0 Å². The molecule has 0 fully saturated rings. The zero-order chi connectivity index (χ0) is 16.4. The van der Waals surface area contributed by atoms with E-state index in [1.165, 1.54) is 6.20 Å². The van der Waals surface area contributed by atoms with Gasteiger partial charge in [-0.1, -0.05) is 24.3 Å². The predicted octanol–water partition coefficient (Wildman–Crippen LogP) is 3.23. The highest BCUT2D eigenvalue weighted by molar-refractivity contribution is 5.88. The summed E-state index contributed by atoms with van der Waals surface area (Å²) in [6, 6.07) is 13.5. The highest BCUT2D eigenvalue weighted by Gasteiger charge is 2.25. The van der Waals surface area contributed by atoms with Crippen molar-refractivity contribution in [2.75, 3.05) is 7.11 Å². The standard InChI is InChI=1S/C17H14N2O4/c1-23-13-7-4-12(5-8-13)17(20)14-9-6-11-3-2-10-18-15(11)16(14)19(21)22/h2-10,17,20H,1H3. The van der Waals surface area contributed by atoms with Gasteiger partial charge in [0, 0.05) is 11.6 Å². The molecular formula is C17H14N2O4. The molecule has 0 spiro atoms. The van der Waals surface area contributed by atoms with Gasteiger partial charge in [-0.15, -0.1) is 0 Å². The van der Waals surface area contributed by atoms with Gasteiger partial charge in [0.15, 0.2) is 0 Å². The maximum atomic E-state index is 11.5. The number of nitro benzene ring substituents is 1. The van der Waals surface area contributed by atoms with Crippen LogP contribution in [-0.4, -0.2) is 22.1 Å². The molecule has 0 bridgehead atoms. The first kappa shape index (κ1) is 14.9. The first-order chi connectivity index (χ1) is 11.1. The Bertz CT molecular complexity index is 862. The van der Waals surface area contributed by atoms with E-state index in [0.717, 1.165) is 0 Å². The summed E-state index contributed by atoms with van der Waals surface area (Å²) in [6.07, 6.45) is 0.381. The van der Waals surface area contributed by atoms with Crippen molar-refractivity contribution in [3.05, 3.63) is 76.0 Å². The highest BCUT2D eigenvalue weighted by Crippen LogP contribution is 2.35. The molecule has 2 aromatic carbocycles. The molecular weight excluding hydrogens is 296 g/mol. The summed E-state index contributed by atoms with van der Waals surface area (Å²) < 4.78 is 5.07. The molecule has 0 amide bonds. The van der Waals surface area contributed by atoms with Gasteiger partial charge in [-0.25, -0.2) is 4.98 Å². The average molecular weight is 310 g/mol. The van der Waals surface area contributed by atoms with Gasteiger partial charge in [0.25, 0.3) is 0 Å². The molecule has 23 heavy (non-hydrogen) atoms. The van der Waals surface area contributed by atoms with Crippen LogP contribution in [0.3, 0.4) is 0 Å². The quantitative estimate of drug-likeness (QED) is 0.590. The van der Waals surface area contributed by atoms with Crippen molar-refractivity contribution in [1.29, 1.82) is 0 Å². The maximum absolute atomic E-state index is 11.5. The highest BCUT2D eigenvalue weighted by atomic mass is 16.6. The minimum Gasteiger partial charge on any atom is -0.497 e. The molecule has 0 aliphatic rings. The molecule has 3 aromatic rings. The maximum Gasteiger partial charge on any atom is 0.301 e. The van der Waals surface area contributed by atoms with E-state index in [2.05, 4.69) is 4.98 Å². The predicted molar refractivity (Wildman–Crippen MR) is 85.5 cm³/mol. The second-order valence-electron chi connectivity index (χ2n) is 5.01. The lowest BCUT2D eigenvalue weighted by atomic mass is 9.98. The van der Waals surface area contributed by atoms with E-state index in [0.29, 0.717) is 16.7 Å². The van der Waals surface area contributed by atoms with Gasteiger partial charge in [-0.05, 0) is 29.8 Å². The Balaban J connectivity index is 2.14. The molecule has 1 N–H and O–H groups in total. The third kappa shape index (κ3) is 2.72. The average Bonchev–Trinajstić information content (AvgIpc) is 2.60. The number of nitrogens with zero attached hydrogens (tertiary/aromatic N) is 2. The van der Waals surface area contributed by atoms with Crippen LogP contribution in [0, 0.1) is 10.1 Å². The van der Waals surface area contributed by atoms with Crippen molar-refractivity contribution in [2.45, 2.75) is 6.10 Å². The van der Waals surface area contributed by atoms with Gasteiger partial charge in [0.05, 0.1) is 17.6 Å². The SMILES string of the molecule is COc1ccc(C(O)c2ccc3cccnc3c2[N+](=O)[O-])cc1. The molecule has 1 aromatic heterocycles. The van der Waals surface area contributed by atoms with E-state index in [4.69, 9.17) is 4.74 Å². The van der Waals surface area contributed by atoms with E-state index >= 15 is 0 Å². The Hall–Kier alpha value is -2.99. The normalized spacial score (nSPS) is 12.1. The second kappa shape index (κ2) is 6.02. The summed E-state index contributed by atoms with van der Waals surface area (Å²) in [5, 5.41) is 22.7. The van der Waals surface area contributed by atoms with Gasteiger partial charge in [0.2, 0.25) is 0 Å². The summed E-state index contributed by atoms with van der Waals surface area (Å²) in [5.74, 6) is 0.649. The number of methoxy groups -OCH3 is 1. The van der Waals surface area contributed by atoms with Crippen LogP contribution in [0.4, 0.5) is 5.69 Å². The number of ether oxygens (including phenoxy) is 1. The minimum absolute atomic E-state index is 0.175. The summed E-state index contributed by atoms with van der Waals surface area (Å²) in [6.45, 7) is 0. The van der Waals surface area contributed by atoms with Crippen molar-refractivity contribution in [2.24, 2.45) is 0 Å². The van der Waals surface area contributed by atoms with Gasteiger partial charge < -0.3 is 9.84 Å².